The van der Waals surface area contributed by atoms with E-state index in [1.807, 2.05) is 60.1 Å². The number of anilines is 2. The molecule has 2 aliphatic heterocycles. The number of nitrogens with one attached hydrogen (secondary N) is 3. The van der Waals surface area contributed by atoms with Crippen LogP contribution in [0.4, 0.5) is 20.4 Å². The van der Waals surface area contributed by atoms with Gasteiger partial charge in [0.2, 0.25) is 11.8 Å². The van der Waals surface area contributed by atoms with Crippen molar-refractivity contribution in [2.75, 3.05) is 62.4 Å². The third-order valence-electron chi connectivity index (χ3n) is 18.4. The Bertz CT molecular complexity index is 3970. The van der Waals surface area contributed by atoms with Gasteiger partial charge in [-0.15, -0.1) is 0 Å². The van der Waals surface area contributed by atoms with E-state index in [9.17, 15) is 51.6 Å². The van der Waals surface area contributed by atoms with Crippen molar-refractivity contribution in [1.29, 1.82) is 0 Å². The van der Waals surface area contributed by atoms with Gasteiger partial charge in [0.25, 0.3) is 21.9 Å². The fourth-order valence-corrected chi connectivity index (χ4v) is 17.0. The summed E-state index contributed by atoms with van der Waals surface area (Å²) in [6, 6.07) is 23.2. The van der Waals surface area contributed by atoms with Gasteiger partial charge >= 0.3 is 18.1 Å². The van der Waals surface area contributed by atoms with Crippen LogP contribution in [0.2, 0.25) is 0 Å². The second kappa shape index (κ2) is 27.2. The van der Waals surface area contributed by atoms with Gasteiger partial charge < -0.3 is 34.9 Å². The lowest BCUT2D eigenvalue weighted by molar-refractivity contribution is -0.248. The summed E-state index contributed by atoms with van der Waals surface area (Å²) in [7, 11) is -3.00. The predicted molar refractivity (Wildman–Crippen MR) is 346 cm³/mol. The molecule has 12 rings (SSSR count). The van der Waals surface area contributed by atoms with Gasteiger partial charge in [-0.1, -0.05) is 68.0 Å². The monoisotopic (exact) mass is 1310 g/mol. The molecule has 4 aliphatic carbocycles. The lowest BCUT2D eigenvalue weighted by Gasteiger charge is -2.69. The molecule has 5 N–H and O–H groups in total. The number of unbranched alkanes of at least 4 members (excludes halogenated alkanes) is 2. The Labute approximate surface area is 543 Å². The number of amides is 7. The van der Waals surface area contributed by atoms with Crippen molar-refractivity contribution in [2.45, 2.75) is 129 Å². The van der Waals surface area contributed by atoms with Gasteiger partial charge in [-0.05, 0) is 142 Å². The van der Waals surface area contributed by atoms with E-state index >= 15 is 0 Å². The number of urea groups is 1. The number of imide groups is 1. The number of para-hydroxylation sites is 1. The van der Waals surface area contributed by atoms with Crippen LogP contribution in [-0.2, 0) is 58.3 Å². The summed E-state index contributed by atoms with van der Waals surface area (Å²) in [4.78, 5) is 103. The summed E-state index contributed by atoms with van der Waals surface area (Å²) < 4.78 is 54.7. The number of carboxylic acids is 1. The maximum absolute atomic E-state index is 13.8. The zero-order valence-electron chi connectivity index (χ0n) is 52.5. The maximum atomic E-state index is 13.8. The van der Waals surface area contributed by atoms with Crippen LogP contribution in [-0.4, -0.2) is 153 Å². The number of fused-ring (bicyclic) bond motifs is 2. The van der Waals surface area contributed by atoms with Crippen LogP contribution in [0.25, 0.3) is 32.6 Å². The Kier molecular flexibility index (Phi) is 19.2. The van der Waals surface area contributed by atoms with Crippen molar-refractivity contribution in [3.05, 3.63) is 120 Å². The summed E-state index contributed by atoms with van der Waals surface area (Å²) in [5.74, 6) is -4.05. The second-order valence-corrected chi connectivity index (χ2v) is 28.8. The number of carboxylic acid groups (broad SMARTS) is 1. The highest BCUT2D eigenvalue weighted by atomic mass is 32.2. The van der Waals surface area contributed by atoms with Gasteiger partial charge in [-0.3, -0.25) is 43.5 Å². The summed E-state index contributed by atoms with van der Waals surface area (Å²) in [6.07, 6.45) is 12.2. The SMILES string of the molecule is Cc1c(-c2ccc(-c3ccc4c(c3)N(C(=O)Nc3nc5ccccc5s3)CCC4)nc2C(=O)O)cnn1CC12CC3(C)CC(C)(C1)CC(OCCN(C)C(=O)OCc1cc[c]cc1OCCCNC(=O)[C@H](CS(=O)(=O)O)NC(=O)CCCCCN1C(=O)C=CC1=O)(C3)C2. The van der Waals surface area contributed by atoms with Crippen molar-refractivity contribution in [1.82, 2.24) is 40.2 Å². The highest BCUT2D eigenvalue weighted by molar-refractivity contribution is 7.85. The topological polar surface area (TPSA) is 311 Å². The first-order chi connectivity index (χ1) is 44.4. The number of benzene rings is 3. The third kappa shape index (κ3) is 15.4. The van der Waals surface area contributed by atoms with Crippen molar-refractivity contribution in [2.24, 2.45) is 16.2 Å². The van der Waals surface area contributed by atoms with E-state index in [2.05, 4.69) is 40.8 Å². The number of hydrogen-bond donors (Lipinski definition) is 5. The van der Waals surface area contributed by atoms with Crippen LogP contribution in [0, 0.1) is 29.2 Å². The van der Waals surface area contributed by atoms with E-state index in [1.54, 1.807) is 42.4 Å². The number of aromatic carboxylic acids is 1. The molecular weight excluding hydrogens is 1230 g/mol. The number of aromatic nitrogens is 4. The smallest absolute Gasteiger partial charge is 0.409 e. The number of carbonyl (C=O) groups excluding carboxylic acids is 6. The Morgan fingerprint density at radius 3 is 2.42 bits per heavy atom. The molecule has 24 nitrogen and oxygen atoms in total. The van der Waals surface area contributed by atoms with Gasteiger partial charge in [-0.25, -0.2) is 24.4 Å². The average Bonchev–Trinajstić information content (AvgIpc) is 1.000. The number of likely N-dealkylation sites (N-methyl/N-ethyl adjacent to an activating group) is 1. The quantitative estimate of drug-likeness (QED) is 0.0182. The molecule has 1 radical (unpaired) electrons. The van der Waals surface area contributed by atoms with E-state index < -0.39 is 63.2 Å². The molecule has 6 aromatic rings. The fourth-order valence-electron chi connectivity index (χ4n) is 15.4. The predicted octanol–water partition coefficient (Wildman–Crippen LogP) is 9.16. The number of ether oxygens (including phenoxy) is 3. The minimum absolute atomic E-state index is 0.00136. The lowest BCUT2D eigenvalue weighted by Crippen LogP contribution is -2.64. The summed E-state index contributed by atoms with van der Waals surface area (Å²) in [5.41, 5.74) is 5.55. The van der Waals surface area contributed by atoms with E-state index in [1.165, 1.54) is 28.4 Å². The van der Waals surface area contributed by atoms with E-state index in [4.69, 9.17) is 24.3 Å². The standard InChI is InChI=1S/C67H77N10O14S2/c1-43-48(47-22-23-49(71-58(47)60(82)83)45-21-20-44-15-12-28-75(52(44)32-45)62(84)73-61-72-50-16-8-10-18-54(50)92-61)33-69-77(43)42-66-37-64(2)36-65(3,38-66)40-67(39-64,41-66)91-31-29-74(4)63(85)90-34-46-14-7-9-17-53(46)89-30-13-26-68-59(81)51(35-93(86,87)88)70-55(78)19-6-5-11-27-76-56(79)24-25-57(76)80/h7-8,10,14,16-18,20-25,32-33,51H,5-6,11-13,15,19,26-31,34-42H2,1-4H3,(H,68,81)(H,70,78)(H,82,83)(H,72,73,84)(H,86,87,88)/t51-,64?,65?,66?,67?/m0/s1. The Hall–Kier alpha value is -8.59. The number of nitrogens with zero attached hydrogens (tertiary/aromatic N) is 7. The molecule has 0 saturated heterocycles. The third-order valence-corrected chi connectivity index (χ3v) is 20.1. The number of aryl methyl sites for hydroxylation is 1. The van der Waals surface area contributed by atoms with Crippen LogP contribution >= 0.6 is 11.3 Å². The molecule has 3 atom stereocenters. The summed E-state index contributed by atoms with van der Waals surface area (Å²) in [6.45, 7) is 8.58. The van der Waals surface area contributed by atoms with Gasteiger partial charge in [0.15, 0.2) is 10.8 Å². The number of rotatable bonds is 27. The number of pyridine rings is 1. The molecule has 7 amide bonds. The minimum Gasteiger partial charge on any atom is -0.493 e. The van der Waals surface area contributed by atoms with Gasteiger partial charge in [0.1, 0.15) is 24.2 Å². The van der Waals surface area contributed by atoms with Gasteiger partial charge in [0.05, 0.1) is 40.9 Å². The number of carbonyl (C=O) groups is 7. The molecule has 6 aliphatic rings. The zero-order valence-corrected chi connectivity index (χ0v) is 54.2. The highest BCUT2D eigenvalue weighted by Gasteiger charge is 2.66. The van der Waals surface area contributed by atoms with Crippen LogP contribution in [0.15, 0.2) is 91.1 Å². The van der Waals surface area contributed by atoms with Crippen molar-refractivity contribution in [3.8, 4) is 28.1 Å². The van der Waals surface area contributed by atoms with Crippen LogP contribution in [0.3, 0.4) is 0 Å². The van der Waals surface area contributed by atoms with Crippen LogP contribution < -0.4 is 25.6 Å². The Balaban J connectivity index is 0.657. The van der Waals surface area contributed by atoms with Crippen LogP contribution in [0.1, 0.15) is 118 Å². The Morgan fingerprint density at radius 2 is 1.67 bits per heavy atom. The summed E-state index contributed by atoms with van der Waals surface area (Å²) in [5, 5.41) is 24.1. The van der Waals surface area contributed by atoms with Gasteiger partial charge in [0, 0.05) is 92.0 Å². The minimum atomic E-state index is -4.65. The van der Waals surface area contributed by atoms with E-state index in [0.717, 1.165) is 83.4 Å². The molecular formula is C67H77N10O14S2. The maximum Gasteiger partial charge on any atom is 0.409 e. The van der Waals surface area contributed by atoms with E-state index in [-0.39, 0.29) is 80.3 Å². The average molecular weight is 1310 g/mol. The molecule has 4 bridgehead atoms. The first kappa shape index (κ1) is 65.9. The van der Waals surface area contributed by atoms with Crippen molar-refractivity contribution < 1.29 is 65.8 Å². The molecule has 491 valence electrons. The molecule has 2 unspecified atom stereocenters. The lowest BCUT2D eigenvalue weighted by atomic mass is 9.39. The molecule has 3 aromatic carbocycles. The van der Waals surface area contributed by atoms with Crippen LogP contribution in [0.5, 0.6) is 5.75 Å². The first-order valence-corrected chi connectivity index (χ1v) is 33.8. The Morgan fingerprint density at radius 1 is 0.892 bits per heavy atom. The number of thiazole rings is 1. The molecule has 93 heavy (non-hydrogen) atoms. The molecule has 5 heterocycles. The molecule has 4 saturated carbocycles. The molecule has 0 spiro atoms. The van der Waals surface area contributed by atoms with E-state index in [0.29, 0.717) is 71.2 Å². The first-order valence-electron chi connectivity index (χ1n) is 31.4. The second-order valence-electron chi connectivity index (χ2n) is 26.3. The largest absolute Gasteiger partial charge is 0.493 e. The van der Waals surface area contributed by atoms with Gasteiger partial charge in [-0.2, -0.15) is 13.5 Å². The molecule has 26 heteroatoms. The number of hydrogen-bond acceptors (Lipinski definition) is 16. The van der Waals surface area contributed by atoms with Crippen molar-refractivity contribution in [3.63, 3.8) is 0 Å². The fraction of sp³-hybridized carbons (Fsp3) is 0.463. The summed E-state index contributed by atoms with van der Waals surface area (Å²) >= 11 is 1.41. The molecule has 4 fully saturated rings. The molecule has 3 aromatic heterocycles. The zero-order chi connectivity index (χ0) is 65.9. The normalized spacial score (nSPS) is 21.6. The van der Waals surface area contributed by atoms with Crippen molar-refractivity contribution >= 4 is 84.2 Å². The highest BCUT2D eigenvalue weighted by Crippen LogP contribution is 2.72.